The molecule has 10 heteroatoms. The molecule has 1 atom stereocenters. The lowest BCUT2D eigenvalue weighted by atomic mass is 9.98. The average Bonchev–Trinajstić information content (AvgIpc) is 3.35. The van der Waals surface area contributed by atoms with Crippen molar-refractivity contribution in [2.24, 2.45) is 0 Å². The Bertz CT molecular complexity index is 1140. The van der Waals surface area contributed by atoms with Crippen LogP contribution in [0.4, 0.5) is 0 Å². The van der Waals surface area contributed by atoms with E-state index >= 15 is 0 Å². The van der Waals surface area contributed by atoms with E-state index in [0.717, 1.165) is 9.65 Å². The maximum Gasteiger partial charge on any atom is 0.284 e. The van der Waals surface area contributed by atoms with E-state index in [4.69, 9.17) is 4.74 Å². The molecule has 9 nitrogen and oxygen atoms in total. The van der Waals surface area contributed by atoms with Gasteiger partial charge in [-0.3, -0.25) is 4.79 Å². The van der Waals surface area contributed by atoms with Gasteiger partial charge in [0.15, 0.2) is 0 Å². The number of nitrogens with zero attached hydrogens (tertiary/aromatic N) is 4. The number of carbonyl (C=O) groups excluding carboxylic acids is 1. The fraction of sp³-hybridized carbons (Fsp3) is 0.250. The van der Waals surface area contributed by atoms with Crippen LogP contribution in [0.5, 0.6) is 5.88 Å². The molecule has 0 radical (unpaired) electrons. The third kappa shape index (κ3) is 3.55. The lowest BCUT2D eigenvalue weighted by molar-refractivity contribution is -0.134. The van der Waals surface area contributed by atoms with Crippen molar-refractivity contribution in [1.82, 2.24) is 19.1 Å². The molecule has 4 rings (SSSR count). The maximum atomic E-state index is 12.9. The first-order chi connectivity index (χ1) is 14.4. The van der Waals surface area contributed by atoms with Crippen molar-refractivity contribution < 1.29 is 23.1 Å². The highest BCUT2D eigenvalue weighted by Crippen LogP contribution is 2.27. The van der Waals surface area contributed by atoms with Crippen LogP contribution in [0.1, 0.15) is 22.7 Å². The zero-order valence-corrected chi connectivity index (χ0v) is 17.0. The van der Waals surface area contributed by atoms with Crippen LogP contribution in [0.3, 0.4) is 0 Å². The Morgan fingerprint density at radius 3 is 2.57 bits per heavy atom. The Labute approximate surface area is 173 Å². The molecule has 1 aromatic carbocycles. The summed E-state index contributed by atoms with van der Waals surface area (Å²) in [6, 6.07) is 11.9. The largest absolute Gasteiger partial charge is 0.481 e. The van der Waals surface area contributed by atoms with Gasteiger partial charge in [0.05, 0.1) is 38.1 Å². The fourth-order valence-corrected chi connectivity index (χ4v) is 4.50. The minimum absolute atomic E-state index is 0.0122. The number of ether oxygens (including phenoxy) is 1. The number of aromatic nitrogens is 3. The van der Waals surface area contributed by atoms with E-state index in [2.05, 4.69) is 10.1 Å². The quantitative estimate of drug-likeness (QED) is 0.626. The molecular weight excluding hydrogens is 408 g/mol. The Hall–Kier alpha value is -3.24. The van der Waals surface area contributed by atoms with E-state index in [1.54, 1.807) is 17.0 Å². The molecule has 0 aliphatic carbocycles. The van der Waals surface area contributed by atoms with Gasteiger partial charge in [-0.2, -0.15) is 17.6 Å². The number of methoxy groups -OCH3 is 1. The predicted molar refractivity (Wildman–Crippen MR) is 106 cm³/mol. The van der Waals surface area contributed by atoms with Crippen LogP contribution in [-0.2, 0) is 27.9 Å². The van der Waals surface area contributed by atoms with Crippen molar-refractivity contribution in [3.8, 4) is 5.88 Å². The third-order valence-electron chi connectivity index (χ3n) is 5.01. The van der Waals surface area contributed by atoms with E-state index in [0.29, 0.717) is 17.1 Å². The SMILES string of the molecule is COc1ccc(S(=O)(=O)n2cc3c(n2)CN(C(=O)[C@H](CO)c2ccccc2)C3)cn1. The number of pyridine rings is 1. The smallest absolute Gasteiger partial charge is 0.284 e. The van der Waals surface area contributed by atoms with E-state index in [9.17, 15) is 18.3 Å². The van der Waals surface area contributed by atoms with E-state index in [-0.39, 0.29) is 30.5 Å². The van der Waals surface area contributed by atoms with E-state index in [1.165, 1.54) is 31.6 Å². The monoisotopic (exact) mass is 428 g/mol. The highest BCUT2D eigenvalue weighted by molar-refractivity contribution is 7.89. The van der Waals surface area contributed by atoms with Gasteiger partial charge in [0.25, 0.3) is 10.0 Å². The van der Waals surface area contributed by atoms with Crippen molar-refractivity contribution in [1.29, 1.82) is 0 Å². The fourth-order valence-electron chi connectivity index (χ4n) is 3.39. The Kier molecular flexibility index (Phi) is 5.27. The molecule has 1 amide bonds. The second-order valence-electron chi connectivity index (χ2n) is 6.86. The minimum atomic E-state index is -3.90. The number of rotatable bonds is 6. The van der Waals surface area contributed by atoms with Gasteiger partial charge in [0.2, 0.25) is 11.8 Å². The Morgan fingerprint density at radius 2 is 1.97 bits per heavy atom. The summed E-state index contributed by atoms with van der Waals surface area (Å²) < 4.78 is 31.5. The minimum Gasteiger partial charge on any atom is -0.481 e. The first-order valence-corrected chi connectivity index (χ1v) is 10.7. The number of carbonyl (C=O) groups is 1. The third-order valence-corrected chi connectivity index (χ3v) is 6.53. The predicted octanol–water partition coefficient (Wildman–Crippen LogP) is 1.14. The van der Waals surface area contributed by atoms with Gasteiger partial charge < -0.3 is 14.7 Å². The zero-order chi connectivity index (χ0) is 21.3. The summed E-state index contributed by atoms with van der Waals surface area (Å²) in [5.74, 6) is -0.588. The lowest BCUT2D eigenvalue weighted by Crippen LogP contribution is -2.33. The molecule has 3 heterocycles. The summed E-state index contributed by atoms with van der Waals surface area (Å²) in [4.78, 5) is 18.4. The van der Waals surface area contributed by atoms with Crippen LogP contribution < -0.4 is 4.74 Å². The molecule has 30 heavy (non-hydrogen) atoms. The highest BCUT2D eigenvalue weighted by Gasteiger charge is 2.33. The van der Waals surface area contributed by atoms with Gasteiger partial charge in [-0.15, -0.1) is 0 Å². The first kappa shape index (κ1) is 20.0. The molecule has 0 fully saturated rings. The van der Waals surface area contributed by atoms with Crippen LogP contribution in [-0.4, -0.2) is 52.2 Å². The van der Waals surface area contributed by atoms with Crippen molar-refractivity contribution in [3.63, 3.8) is 0 Å². The lowest BCUT2D eigenvalue weighted by Gasteiger charge is -2.22. The van der Waals surface area contributed by atoms with Gasteiger partial charge in [-0.1, -0.05) is 30.3 Å². The van der Waals surface area contributed by atoms with Crippen LogP contribution >= 0.6 is 0 Å². The number of aliphatic hydroxyl groups is 1. The first-order valence-electron chi connectivity index (χ1n) is 9.21. The highest BCUT2D eigenvalue weighted by atomic mass is 32.2. The average molecular weight is 428 g/mol. The van der Waals surface area contributed by atoms with Crippen molar-refractivity contribution in [2.75, 3.05) is 13.7 Å². The van der Waals surface area contributed by atoms with Crippen LogP contribution in [0.15, 0.2) is 59.8 Å². The number of aliphatic hydroxyl groups excluding tert-OH is 1. The Morgan fingerprint density at radius 1 is 1.20 bits per heavy atom. The normalized spacial score (nSPS) is 14.4. The number of amides is 1. The van der Waals surface area contributed by atoms with Gasteiger partial charge in [0, 0.05) is 24.4 Å². The molecule has 3 aromatic rings. The number of hydrogen-bond donors (Lipinski definition) is 1. The number of benzene rings is 1. The van der Waals surface area contributed by atoms with Gasteiger partial charge in [-0.05, 0) is 11.6 Å². The maximum absolute atomic E-state index is 12.9. The molecule has 156 valence electrons. The van der Waals surface area contributed by atoms with Gasteiger partial charge in [0.1, 0.15) is 4.90 Å². The molecule has 0 unspecified atom stereocenters. The summed E-state index contributed by atoms with van der Waals surface area (Å²) >= 11 is 0. The molecule has 0 spiro atoms. The molecular formula is C20H20N4O5S. The molecule has 0 bridgehead atoms. The molecule has 0 saturated heterocycles. The number of fused-ring (bicyclic) bond motifs is 1. The summed E-state index contributed by atoms with van der Waals surface area (Å²) in [6.45, 7) is 0.102. The van der Waals surface area contributed by atoms with Crippen molar-refractivity contribution in [2.45, 2.75) is 23.9 Å². The van der Waals surface area contributed by atoms with Crippen molar-refractivity contribution >= 4 is 15.9 Å². The Balaban J connectivity index is 1.53. The van der Waals surface area contributed by atoms with Crippen LogP contribution in [0.25, 0.3) is 0 Å². The van der Waals surface area contributed by atoms with E-state index in [1.807, 2.05) is 18.2 Å². The molecule has 1 aliphatic heterocycles. The van der Waals surface area contributed by atoms with E-state index < -0.39 is 15.9 Å². The standard InChI is InChI=1S/C20H20N4O5S/c1-29-19-8-7-16(9-21-19)30(27,28)24-11-15-10-23(12-18(15)22-24)20(26)17(13-25)14-5-3-2-4-6-14/h2-9,11,17,25H,10,12-13H2,1H3/t17-/m1/s1. The summed E-state index contributed by atoms with van der Waals surface area (Å²) in [6.07, 6.45) is 2.63. The van der Waals surface area contributed by atoms with Gasteiger partial charge >= 0.3 is 0 Å². The molecule has 1 aliphatic rings. The zero-order valence-electron chi connectivity index (χ0n) is 16.2. The molecule has 1 N–H and O–H groups in total. The second-order valence-corrected chi connectivity index (χ2v) is 8.65. The summed E-state index contributed by atoms with van der Waals surface area (Å²) in [5, 5.41) is 13.9. The van der Waals surface area contributed by atoms with Crippen LogP contribution in [0.2, 0.25) is 0 Å². The second kappa shape index (κ2) is 7.88. The van der Waals surface area contributed by atoms with Gasteiger partial charge in [-0.25, -0.2) is 4.98 Å². The topological polar surface area (TPSA) is 115 Å². The summed E-state index contributed by atoms with van der Waals surface area (Å²) in [5.41, 5.74) is 1.89. The molecule has 2 aromatic heterocycles. The molecule has 0 saturated carbocycles. The summed E-state index contributed by atoms with van der Waals surface area (Å²) in [7, 11) is -2.45. The van der Waals surface area contributed by atoms with Crippen molar-refractivity contribution in [3.05, 3.63) is 71.7 Å². The van der Waals surface area contributed by atoms with Crippen LogP contribution in [0, 0.1) is 0 Å². The number of hydrogen-bond acceptors (Lipinski definition) is 7.